The maximum absolute atomic E-state index is 12.3. The van der Waals surface area contributed by atoms with Crippen LogP contribution in [-0.2, 0) is 4.79 Å². The number of aliphatic hydroxyl groups is 1. The van der Waals surface area contributed by atoms with E-state index in [2.05, 4.69) is 19.2 Å². The van der Waals surface area contributed by atoms with Gasteiger partial charge in [0, 0.05) is 13.1 Å². The maximum atomic E-state index is 12.3. The minimum atomic E-state index is -0.507. The van der Waals surface area contributed by atoms with E-state index in [0.29, 0.717) is 6.42 Å². The second-order valence-corrected chi connectivity index (χ2v) is 5.17. The lowest BCUT2D eigenvalue weighted by atomic mass is 10.1. The van der Waals surface area contributed by atoms with Crippen LogP contribution in [-0.4, -0.2) is 47.7 Å². The zero-order valence-corrected chi connectivity index (χ0v) is 11.8. The van der Waals surface area contributed by atoms with Crippen LogP contribution in [0, 0.1) is 0 Å². The first-order valence-electron chi connectivity index (χ1n) is 7.41. The van der Waals surface area contributed by atoms with Crippen LogP contribution in [0.4, 0.5) is 0 Å². The van der Waals surface area contributed by atoms with Crippen LogP contribution < -0.4 is 5.32 Å². The number of hydrogen-bond donors (Lipinski definition) is 2. The lowest BCUT2D eigenvalue weighted by Gasteiger charge is -2.26. The van der Waals surface area contributed by atoms with Gasteiger partial charge in [0.15, 0.2) is 0 Å². The molecule has 1 aliphatic rings. The highest BCUT2D eigenvalue weighted by Gasteiger charge is 2.33. The quantitative estimate of drug-likeness (QED) is 0.648. The summed E-state index contributed by atoms with van der Waals surface area (Å²) in [6.45, 7) is 6.65. The highest BCUT2D eigenvalue weighted by atomic mass is 16.3. The molecule has 18 heavy (non-hydrogen) atoms. The van der Waals surface area contributed by atoms with E-state index in [4.69, 9.17) is 0 Å². The van der Waals surface area contributed by atoms with Crippen LogP contribution in [0.2, 0.25) is 0 Å². The van der Waals surface area contributed by atoms with E-state index in [0.717, 1.165) is 32.5 Å². The molecule has 0 radical (unpaired) electrons. The van der Waals surface area contributed by atoms with E-state index in [1.807, 2.05) is 4.90 Å². The Balaban J connectivity index is 2.41. The van der Waals surface area contributed by atoms with Gasteiger partial charge in [-0.25, -0.2) is 0 Å². The molecule has 1 aliphatic heterocycles. The Hall–Kier alpha value is -0.610. The first-order valence-corrected chi connectivity index (χ1v) is 7.41. The van der Waals surface area contributed by atoms with Gasteiger partial charge >= 0.3 is 0 Å². The minimum Gasteiger partial charge on any atom is -0.391 e. The number of carbonyl (C=O) groups excluding carboxylic acids is 1. The van der Waals surface area contributed by atoms with Gasteiger partial charge in [0.1, 0.15) is 6.04 Å². The smallest absolute Gasteiger partial charge is 0.242 e. The standard InChI is InChI=1S/C14H28N2O2/c1-3-5-6-7-11-16(10-4-2)14(18)13-12(17)8-9-15-13/h12-13,15,17H,3-11H2,1-2H3/t12?,13-/m0/s1. The van der Waals surface area contributed by atoms with E-state index >= 15 is 0 Å². The molecule has 0 aliphatic carbocycles. The highest BCUT2D eigenvalue weighted by Crippen LogP contribution is 2.11. The number of nitrogens with zero attached hydrogens (tertiary/aromatic N) is 1. The first-order chi connectivity index (χ1) is 8.70. The highest BCUT2D eigenvalue weighted by molar-refractivity contribution is 5.82. The molecule has 1 rings (SSSR count). The van der Waals surface area contributed by atoms with Gasteiger partial charge in [0.2, 0.25) is 5.91 Å². The van der Waals surface area contributed by atoms with Crippen molar-refractivity contribution in [1.82, 2.24) is 10.2 Å². The van der Waals surface area contributed by atoms with Crippen molar-refractivity contribution in [2.24, 2.45) is 0 Å². The van der Waals surface area contributed by atoms with Crippen LogP contribution in [0.1, 0.15) is 52.4 Å². The summed E-state index contributed by atoms with van der Waals surface area (Å²) in [7, 11) is 0. The molecule has 4 nitrogen and oxygen atoms in total. The van der Waals surface area contributed by atoms with Gasteiger partial charge in [-0.1, -0.05) is 33.1 Å². The van der Waals surface area contributed by atoms with Crippen LogP contribution in [0.25, 0.3) is 0 Å². The fourth-order valence-corrected chi connectivity index (χ4v) is 2.47. The average molecular weight is 256 g/mol. The molecule has 0 spiro atoms. The van der Waals surface area contributed by atoms with E-state index in [1.54, 1.807) is 0 Å². The van der Waals surface area contributed by atoms with Gasteiger partial charge in [0.05, 0.1) is 6.10 Å². The Morgan fingerprint density at radius 2 is 2.00 bits per heavy atom. The second kappa shape index (κ2) is 8.48. The Kier molecular flexibility index (Phi) is 7.28. The van der Waals surface area contributed by atoms with Crippen molar-refractivity contribution in [3.63, 3.8) is 0 Å². The molecule has 1 fully saturated rings. The van der Waals surface area contributed by atoms with E-state index in [9.17, 15) is 9.90 Å². The molecule has 0 aromatic rings. The Bertz CT molecular complexity index is 246. The van der Waals surface area contributed by atoms with E-state index < -0.39 is 6.10 Å². The fraction of sp³-hybridized carbons (Fsp3) is 0.929. The van der Waals surface area contributed by atoms with Crippen molar-refractivity contribution >= 4 is 5.91 Å². The predicted octanol–water partition coefficient (Wildman–Crippen LogP) is 1.53. The van der Waals surface area contributed by atoms with Crippen LogP contribution in [0.5, 0.6) is 0 Å². The summed E-state index contributed by atoms with van der Waals surface area (Å²) in [5.74, 6) is 0.0818. The molecular weight excluding hydrogens is 228 g/mol. The zero-order valence-electron chi connectivity index (χ0n) is 11.8. The molecule has 106 valence electrons. The average Bonchev–Trinajstić information content (AvgIpc) is 2.78. The maximum Gasteiger partial charge on any atom is 0.242 e. The minimum absolute atomic E-state index is 0.0818. The Morgan fingerprint density at radius 1 is 1.22 bits per heavy atom. The van der Waals surface area contributed by atoms with Gasteiger partial charge in [-0.3, -0.25) is 4.79 Å². The van der Waals surface area contributed by atoms with Gasteiger partial charge in [-0.05, 0) is 25.8 Å². The molecule has 2 N–H and O–H groups in total. The molecule has 0 saturated carbocycles. The number of rotatable bonds is 8. The monoisotopic (exact) mass is 256 g/mol. The van der Waals surface area contributed by atoms with Crippen molar-refractivity contribution in [2.45, 2.75) is 64.5 Å². The van der Waals surface area contributed by atoms with Crippen molar-refractivity contribution in [3.05, 3.63) is 0 Å². The third kappa shape index (κ3) is 4.58. The summed E-state index contributed by atoms with van der Waals surface area (Å²) in [6.07, 6.45) is 5.86. The number of carbonyl (C=O) groups is 1. The summed E-state index contributed by atoms with van der Waals surface area (Å²) >= 11 is 0. The third-order valence-corrected chi connectivity index (χ3v) is 3.54. The number of nitrogens with one attached hydrogen (secondary N) is 1. The molecule has 1 unspecified atom stereocenters. The third-order valence-electron chi connectivity index (χ3n) is 3.54. The molecule has 1 heterocycles. The Labute approximate surface area is 111 Å². The lowest BCUT2D eigenvalue weighted by molar-refractivity contribution is -0.135. The summed E-state index contributed by atoms with van der Waals surface area (Å²) in [4.78, 5) is 14.2. The largest absolute Gasteiger partial charge is 0.391 e. The summed E-state index contributed by atoms with van der Waals surface area (Å²) in [6, 6.07) is -0.372. The first kappa shape index (κ1) is 15.4. The van der Waals surface area contributed by atoms with Crippen LogP contribution in [0.3, 0.4) is 0 Å². The topological polar surface area (TPSA) is 52.6 Å². The molecule has 4 heteroatoms. The lowest BCUT2D eigenvalue weighted by Crippen LogP contribution is -2.48. The molecular formula is C14H28N2O2. The summed E-state index contributed by atoms with van der Waals surface area (Å²) in [5.41, 5.74) is 0. The van der Waals surface area contributed by atoms with Crippen molar-refractivity contribution in [1.29, 1.82) is 0 Å². The van der Waals surface area contributed by atoms with Crippen molar-refractivity contribution < 1.29 is 9.90 Å². The molecule has 0 aromatic heterocycles. The normalized spacial score (nSPS) is 23.3. The number of hydrogen-bond acceptors (Lipinski definition) is 3. The number of aliphatic hydroxyl groups excluding tert-OH is 1. The number of amides is 1. The molecule has 0 bridgehead atoms. The fourth-order valence-electron chi connectivity index (χ4n) is 2.47. The molecule has 0 aromatic carbocycles. The zero-order chi connectivity index (χ0) is 13.4. The van der Waals surface area contributed by atoms with Gasteiger partial charge in [-0.2, -0.15) is 0 Å². The second-order valence-electron chi connectivity index (χ2n) is 5.17. The SMILES string of the molecule is CCCCCCN(CCC)C(=O)[C@H]1NCCC1O. The van der Waals surface area contributed by atoms with Crippen LogP contribution in [0.15, 0.2) is 0 Å². The van der Waals surface area contributed by atoms with Gasteiger partial charge in [0.25, 0.3) is 0 Å². The van der Waals surface area contributed by atoms with Crippen molar-refractivity contribution in [2.75, 3.05) is 19.6 Å². The van der Waals surface area contributed by atoms with Crippen molar-refractivity contribution in [3.8, 4) is 0 Å². The van der Waals surface area contributed by atoms with E-state index in [1.165, 1.54) is 19.3 Å². The summed E-state index contributed by atoms with van der Waals surface area (Å²) < 4.78 is 0. The molecule has 2 atom stereocenters. The Morgan fingerprint density at radius 3 is 2.56 bits per heavy atom. The number of unbranched alkanes of at least 4 members (excludes halogenated alkanes) is 3. The van der Waals surface area contributed by atoms with Gasteiger partial charge in [-0.15, -0.1) is 0 Å². The van der Waals surface area contributed by atoms with E-state index in [-0.39, 0.29) is 11.9 Å². The summed E-state index contributed by atoms with van der Waals surface area (Å²) in [5, 5.41) is 12.9. The molecule has 1 saturated heterocycles. The predicted molar refractivity (Wildman–Crippen MR) is 73.4 cm³/mol. The van der Waals surface area contributed by atoms with Gasteiger partial charge < -0.3 is 15.3 Å². The van der Waals surface area contributed by atoms with Crippen LogP contribution >= 0.6 is 0 Å². The molecule has 1 amide bonds.